The standard InChI is InChI=1S/C18H19N9O4/c1-30-10-4-2-9(3-5-10)6-19-15-11-17(21-7-20-15)27(8-22-11)18-13(29)12(28)14(31-18)16-23-25-26-24-16/h2-5,7-8,12-14,18,28-29H,6H2,1H3,(H,19,20,21)(H,23,24,25,26)/t12-,13?,14+,18-/m1/s1. The Morgan fingerprint density at radius 2 is 2.00 bits per heavy atom. The Kier molecular flexibility index (Phi) is 4.89. The molecule has 13 nitrogen and oxygen atoms in total. The summed E-state index contributed by atoms with van der Waals surface area (Å²) in [6, 6.07) is 7.66. The van der Waals surface area contributed by atoms with Crippen LogP contribution in [0.3, 0.4) is 0 Å². The van der Waals surface area contributed by atoms with E-state index in [2.05, 4.69) is 40.9 Å². The lowest BCUT2D eigenvalue weighted by molar-refractivity contribution is -0.0383. The number of aliphatic hydroxyl groups is 2. The van der Waals surface area contributed by atoms with Gasteiger partial charge in [0.05, 0.1) is 13.4 Å². The zero-order valence-electron chi connectivity index (χ0n) is 16.3. The van der Waals surface area contributed by atoms with Crippen molar-refractivity contribution in [3.63, 3.8) is 0 Å². The fraction of sp³-hybridized carbons (Fsp3) is 0.333. The van der Waals surface area contributed by atoms with Crippen LogP contribution in [0.25, 0.3) is 11.2 Å². The minimum atomic E-state index is -1.24. The number of tetrazole rings is 1. The lowest BCUT2D eigenvalue weighted by atomic mass is 10.1. The SMILES string of the molecule is COc1ccc(CNc2ncnc3c2ncn3[C@@H]2O[C@H](c3nnn[nH]3)[C@H](O)C2O)cc1. The molecule has 1 unspecified atom stereocenters. The highest BCUT2D eigenvalue weighted by Crippen LogP contribution is 2.38. The maximum absolute atomic E-state index is 10.5. The summed E-state index contributed by atoms with van der Waals surface area (Å²) >= 11 is 0. The lowest BCUT2D eigenvalue weighted by Gasteiger charge is -2.16. The van der Waals surface area contributed by atoms with Gasteiger partial charge in [0.25, 0.3) is 0 Å². The van der Waals surface area contributed by atoms with Gasteiger partial charge in [-0.2, -0.15) is 0 Å². The summed E-state index contributed by atoms with van der Waals surface area (Å²) in [5, 5.41) is 37.5. The third-order valence-corrected chi connectivity index (χ3v) is 5.12. The Labute approximate surface area is 175 Å². The summed E-state index contributed by atoms with van der Waals surface area (Å²) in [6.45, 7) is 0.519. The second kappa shape index (κ2) is 7.86. The number of H-pyrrole nitrogens is 1. The van der Waals surface area contributed by atoms with Crippen molar-refractivity contribution >= 4 is 17.0 Å². The average Bonchev–Trinajstić information content (AvgIpc) is 3.53. The predicted octanol–water partition coefficient (Wildman–Crippen LogP) is -0.0480. The Morgan fingerprint density at radius 3 is 2.74 bits per heavy atom. The molecule has 4 N–H and O–H groups in total. The maximum Gasteiger partial charge on any atom is 0.180 e. The first kappa shape index (κ1) is 19.3. The van der Waals surface area contributed by atoms with Crippen LogP contribution in [0.5, 0.6) is 5.75 Å². The Balaban J connectivity index is 1.39. The Morgan fingerprint density at radius 1 is 1.16 bits per heavy atom. The fourth-order valence-corrected chi connectivity index (χ4v) is 3.50. The number of rotatable bonds is 6. The fourth-order valence-electron chi connectivity index (χ4n) is 3.50. The molecule has 1 fully saturated rings. The van der Waals surface area contributed by atoms with Gasteiger partial charge in [0.15, 0.2) is 29.0 Å². The molecular weight excluding hydrogens is 406 g/mol. The first-order chi connectivity index (χ1) is 15.2. The van der Waals surface area contributed by atoms with E-state index in [-0.39, 0.29) is 5.82 Å². The van der Waals surface area contributed by atoms with Crippen LogP contribution in [0, 0.1) is 0 Å². The monoisotopic (exact) mass is 425 g/mol. The molecule has 31 heavy (non-hydrogen) atoms. The zero-order valence-corrected chi connectivity index (χ0v) is 16.3. The summed E-state index contributed by atoms with van der Waals surface area (Å²) < 4.78 is 12.6. The van der Waals surface area contributed by atoms with E-state index in [0.717, 1.165) is 11.3 Å². The second-order valence-corrected chi connectivity index (χ2v) is 6.96. The minimum absolute atomic E-state index is 0.218. The van der Waals surface area contributed by atoms with Crippen molar-refractivity contribution in [1.82, 2.24) is 40.1 Å². The molecule has 1 aliphatic heterocycles. The summed E-state index contributed by atoms with van der Waals surface area (Å²) in [4.78, 5) is 12.9. The number of methoxy groups -OCH3 is 1. The van der Waals surface area contributed by atoms with Gasteiger partial charge in [-0.05, 0) is 28.1 Å². The number of ether oxygens (including phenoxy) is 2. The quantitative estimate of drug-likeness (QED) is 0.327. The smallest absolute Gasteiger partial charge is 0.180 e. The van der Waals surface area contributed by atoms with Crippen molar-refractivity contribution < 1.29 is 19.7 Å². The number of anilines is 1. The third kappa shape index (κ3) is 3.43. The molecule has 0 bridgehead atoms. The molecule has 3 aromatic heterocycles. The molecule has 0 radical (unpaired) electrons. The van der Waals surface area contributed by atoms with E-state index in [0.29, 0.717) is 23.5 Å². The second-order valence-electron chi connectivity index (χ2n) is 6.96. The molecular formula is C18H19N9O4. The lowest BCUT2D eigenvalue weighted by Crippen LogP contribution is -2.29. The van der Waals surface area contributed by atoms with E-state index in [4.69, 9.17) is 9.47 Å². The molecule has 1 aliphatic rings. The maximum atomic E-state index is 10.5. The van der Waals surface area contributed by atoms with E-state index >= 15 is 0 Å². The van der Waals surface area contributed by atoms with E-state index in [9.17, 15) is 10.2 Å². The van der Waals surface area contributed by atoms with Gasteiger partial charge in [-0.25, -0.2) is 20.1 Å². The van der Waals surface area contributed by atoms with E-state index < -0.39 is 24.5 Å². The van der Waals surface area contributed by atoms with Crippen molar-refractivity contribution in [2.45, 2.75) is 31.1 Å². The van der Waals surface area contributed by atoms with Gasteiger partial charge in [-0.1, -0.05) is 12.1 Å². The molecule has 4 aromatic rings. The largest absolute Gasteiger partial charge is 0.497 e. The first-order valence-electron chi connectivity index (χ1n) is 9.45. The Bertz CT molecular complexity index is 1160. The van der Waals surface area contributed by atoms with Crippen LogP contribution in [0.15, 0.2) is 36.9 Å². The minimum Gasteiger partial charge on any atom is -0.497 e. The van der Waals surface area contributed by atoms with Crippen molar-refractivity contribution in [1.29, 1.82) is 0 Å². The topological polar surface area (TPSA) is 169 Å². The van der Waals surface area contributed by atoms with Crippen molar-refractivity contribution in [3.05, 3.63) is 48.3 Å². The number of nitrogens with zero attached hydrogens (tertiary/aromatic N) is 7. The summed E-state index contributed by atoms with van der Waals surface area (Å²) in [5.41, 5.74) is 1.99. The highest BCUT2D eigenvalue weighted by atomic mass is 16.6. The van der Waals surface area contributed by atoms with Gasteiger partial charge in [0.2, 0.25) is 0 Å². The molecule has 5 rings (SSSR count). The van der Waals surface area contributed by atoms with Gasteiger partial charge >= 0.3 is 0 Å². The number of aliphatic hydroxyl groups excluding tert-OH is 2. The summed E-state index contributed by atoms with van der Waals surface area (Å²) in [6.07, 6.45) is -1.43. The molecule has 0 saturated carbocycles. The van der Waals surface area contributed by atoms with Crippen LogP contribution in [0.1, 0.15) is 23.7 Å². The molecule has 4 heterocycles. The van der Waals surface area contributed by atoms with E-state index in [1.165, 1.54) is 12.7 Å². The van der Waals surface area contributed by atoms with Gasteiger partial charge in [-0.3, -0.25) is 4.57 Å². The molecule has 0 aliphatic carbocycles. The van der Waals surface area contributed by atoms with Crippen LogP contribution < -0.4 is 10.1 Å². The number of fused-ring (bicyclic) bond motifs is 1. The predicted molar refractivity (Wildman–Crippen MR) is 105 cm³/mol. The Hall–Kier alpha value is -3.68. The van der Waals surface area contributed by atoms with Crippen LogP contribution >= 0.6 is 0 Å². The normalized spacial score (nSPS) is 23.3. The number of aromatic amines is 1. The number of hydrogen-bond donors (Lipinski definition) is 4. The number of benzene rings is 1. The van der Waals surface area contributed by atoms with E-state index in [1.807, 2.05) is 24.3 Å². The first-order valence-corrected chi connectivity index (χ1v) is 9.45. The number of aromatic nitrogens is 8. The van der Waals surface area contributed by atoms with Gasteiger partial charge in [0.1, 0.15) is 30.4 Å². The van der Waals surface area contributed by atoms with Crippen LogP contribution in [0.4, 0.5) is 5.82 Å². The summed E-state index contributed by atoms with van der Waals surface area (Å²) in [7, 11) is 1.62. The molecule has 1 saturated heterocycles. The van der Waals surface area contributed by atoms with Gasteiger partial charge in [0, 0.05) is 6.54 Å². The molecule has 0 amide bonds. The number of imidazole rings is 1. The van der Waals surface area contributed by atoms with Gasteiger partial charge < -0.3 is 25.0 Å². The van der Waals surface area contributed by atoms with Crippen LogP contribution in [-0.2, 0) is 11.3 Å². The van der Waals surface area contributed by atoms with Crippen molar-refractivity contribution in [3.8, 4) is 5.75 Å². The molecule has 160 valence electrons. The zero-order chi connectivity index (χ0) is 21.4. The summed E-state index contributed by atoms with van der Waals surface area (Å²) in [5.74, 6) is 1.53. The highest BCUT2D eigenvalue weighted by molar-refractivity contribution is 5.82. The van der Waals surface area contributed by atoms with Crippen LogP contribution in [-0.4, -0.2) is 69.7 Å². The van der Waals surface area contributed by atoms with E-state index in [1.54, 1.807) is 11.7 Å². The number of hydrogen-bond acceptors (Lipinski definition) is 11. The van der Waals surface area contributed by atoms with Gasteiger partial charge in [-0.15, -0.1) is 5.10 Å². The third-order valence-electron chi connectivity index (χ3n) is 5.12. The number of nitrogens with one attached hydrogen (secondary N) is 2. The molecule has 13 heteroatoms. The van der Waals surface area contributed by atoms with Crippen molar-refractivity contribution in [2.75, 3.05) is 12.4 Å². The average molecular weight is 425 g/mol. The molecule has 4 atom stereocenters. The molecule has 1 aromatic carbocycles. The highest BCUT2D eigenvalue weighted by Gasteiger charge is 2.46. The van der Waals surface area contributed by atoms with Crippen LogP contribution in [0.2, 0.25) is 0 Å². The van der Waals surface area contributed by atoms with Crippen molar-refractivity contribution in [2.24, 2.45) is 0 Å². The molecule has 0 spiro atoms.